The Hall–Kier alpha value is -1.66. The molecule has 4 nitrogen and oxygen atoms in total. The summed E-state index contributed by atoms with van der Waals surface area (Å²) < 4.78 is 0. The van der Waals surface area contributed by atoms with E-state index in [0.717, 1.165) is 35.2 Å². The van der Waals surface area contributed by atoms with Gasteiger partial charge in [-0.3, -0.25) is 14.5 Å². The normalized spacial score (nSPS) is 13.7. The predicted octanol–water partition coefficient (Wildman–Crippen LogP) is 3.12. The molecule has 0 unspecified atom stereocenters. The van der Waals surface area contributed by atoms with E-state index in [0.29, 0.717) is 23.4 Å². The van der Waals surface area contributed by atoms with E-state index in [4.69, 9.17) is 0 Å². The minimum Gasteiger partial charge on any atom is -0.374 e. The van der Waals surface area contributed by atoms with Crippen molar-refractivity contribution >= 4 is 53.5 Å². The van der Waals surface area contributed by atoms with Crippen molar-refractivity contribution in [1.82, 2.24) is 4.90 Å². The molecule has 24 heavy (non-hydrogen) atoms. The van der Waals surface area contributed by atoms with Crippen molar-refractivity contribution in [2.75, 3.05) is 36.5 Å². The standard InChI is InChI=1S/C18H20N2O2S2/c1-19(8-3-10-23)15-7-6-14-16-12(15)4-2-5-13(16)17(21)20(9-11-24)18(14)22/h2,4-7,23-24H,3,8-11H2,1H3. The fourth-order valence-electron chi connectivity index (χ4n) is 3.20. The number of benzene rings is 2. The molecule has 0 aromatic heterocycles. The van der Waals surface area contributed by atoms with E-state index >= 15 is 0 Å². The Labute approximate surface area is 152 Å². The average Bonchev–Trinajstić information content (AvgIpc) is 2.60. The Balaban J connectivity index is 2.16. The van der Waals surface area contributed by atoms with Gasteiger partial charge in [-0.1, -0.05) is 12.1 Å². The molecule has 2 aromatic carbocycles. The number of nitrogens with zero attached hydrogens (tertiary/aromatic N) is 2. The third-order valence-corrected chi connectivity index (χ3v) is 4.87. The quantitative estimate of drug-likeness (QED) is 0.614. The number of rotatable bonds is 6. The first kappa shape index (κ1) is 17.2. The summed E-state index contributed by atoms with van der Waals surface area (Å²) in [5.41, 5.74) is 2.21. The number of hydrogen-bond acceptors (Lipinski definition) is 5. The van der Waals surface area contributed by atoms with Crippen LogP contribution < -0.4 is 4.90 Å². The lowest BCUT2D eigenvalue weighted by atomic mass is 9.93. The zero-order valence-corrected chi connectivity index (χ0v) is 15.3. The molecule has 2 aromatic rings. The first-order valence-corrected chi connectivity index (χ1v) is 9.21. The van der Waals surface area contributed by atoms with E-state index in [2.05, 4.69) is 30.2 Å². The summed E-state index contributed by atoms with van der Waals surface area (Å²) in [7, 11) is 2.02. The summed E-state index contributed by atoms with van der Waals surface area (Å²) in [6.07, 6.45) is 0.968. The summed E-state index contributed by atoms with van der Waals surface area (Å²) in [4.78, 5) is 28.8. The van der Waals surface area contributed by atoms with Crippen LogP contribution in [-0.4, -0.2) is 48.4 Å². The lowest BCUT2D eigenvalue weighted by molar-refractivity contribution is 0.0621. The molecular formula is C18H20N2O2S2. The van der Waals surface area contributed by atoms with E-state index in [1.165, 1.54) is 4.90 Å². The van der Waals surface area contributed by atoms with Crippen LogP contribution >= 0.6 is 25.3 Å². The van der Waals surface area contributed by atoms with Crippen molar-refractivity contribution in [1.29, 1.82) is 0 Å². The minimum absolute atomic E-state index is 0.234. The number of hydrogen-bond donors (Lipinski definition) is 2. The van der Waals surface area contributed by atoms with Crippen LogP contribution in [0.15, 0.2) is 30.3 Å². The van der Waals surface area contributed by atoms with Gasteiger partial charge in [-0.05, 0) is 30.4 Å². The maximum absolute atomic E-state index is 12.7. The van der Waals surface area contributed by atoms with E-state index in [9.17, 15) is 9.59 Å². The van der Waals surface area contributed by atoms with Crippen LogP contribution in [0, 0.1) is 0 Å². The van der Waals surface area contributed by atoms with Gasteiger partial charge >= 0.3 is 0 Å². The van der Waals surface area contributed by atoms with Gasteiger partial charge in [-0.2, -0.15) is 25.3 Å². The number of imide groups is 1. The van der Waals surface area contributed by atoms with Crippen molar-refractivity contribution in [3.63, 3.8) is 0 Å². The third kappa shape index (κ3) is 2.78. The van der Waals surface area contributed by atoms with Crippen LogP contribution in [0.4, 0.5) is 5.69 Å². The molecule has 0 bridgehead atoms. The highest BCUT2D eigenvalue weighted by Crippen LogP contribution is 2.35. The number of carbonyl (C=O) groups excluding carboxylic acids is 2. The zero-order valence-electron chi connectivity index (χ0n) is 13.5. The molecule has 0 aliphatic carbocycles. The van der Waals surface area contributed by atoms with Gasteiger partial charge in [0.15, 0.2) is 0 Å². The van der Waals surface area contributed by atoms with E-state index in [1.807, 2.05) is 31.3 Å². The summed E-state index contributed by atoms with van der Waals surface area (Å²) in [5, 5.41) is 1.71. The minimum atomic E-state index is -0.234. The Morgan fingerprint density at radius 1 is 1.00 bits per heavy atom. The highest BCUT2D eigenvalue weighted by Gasteiger charge is 2.32. The molecule has 0 saturated carbocycles. The fourth-order valence-corrected chi connectivity index (χ4v) is 3.54. The van der Waals surface area contributed by atoms with Gasteiger partial charge in [0.2, 0.25) is 0 Å². The summed E-state index contributed by atoms with van der Waals surface area (Å²) in [6, 6.07) is 9.45. The molecule has 3 rings (SSSR count). The maximum Gasteiger partial charge on any atom is 0.261 e. The number of carbonyl (C=O) groups is 2. The Bertz CT molecular complexity index is 785. The molecule has 0 N–H and O–H groups in total. The third-order valence-electron chi connectivity index (χ3n) is 4.36. The van der Waals surface area contributed by atoms with Gasteiger partial charge in [-0.15, -0.1) is 0 Å². The molecule has 2 amide bonds. The average molecular weight is 361 g/mol. The van der Waals surface area contributed by atoms with Gasteiger partial charge in [-0.25, -0.2) is 0 Å². The second kappa shape index (κ2) is 7.07. The van der Waals surface area contributed by atoms with Crippen molar-refractivity contribution in [2.24, 2.45) is 0 Å². The van der Waals surface area contributed by atoms with Gasteiger partial charge in [0.25, 0.3) is 11.8 Å². The highest BCUT2D eigenvalue weighted by molar-refractivity contribution is 7.80. The fraction of sp³-hybridized carbons (Fsp3) is 0.333. The molecule has 0 fully saturated rings. The lowest BCUT2D eigenvalue weighted by Gasteiger charge is -2.29. The van der Waals surface area contributed by atoms with Crippen LogP contribution in [0.2, 0.25) is 0 Å². The summed E-state index contributed by atoms with van der Waals surface area (Å²) in [6.45, 7) is 1.19. The van der Waals surface area contributed by atoms with Gasteiger partial charge < -0.3 is 4.90 Å². The monoisotopic (exact) mass is 360 g/mol. The molecular weight excluding hydrogens is 340 g/mol. The Morgan fingerprint density at radius 3 is 2.38 bits per heavy atom. The van der Waals surface area contributed by atoms with Crippen molar-refractivity contribution in [2.45, 2.75) is 6.42 Å². The molecule has 0 atom stereocenters. The van der Waals surface area contributed by atoms with Gasteiger partial charge in [0.05, 0.1) is 0 Å². The van der Waals surface area contributed by atoms with Crippen LogP contribution in [0.1, 0.15) is 27.1 Å². The van der Waals surface area contributed by atoms with Crippen molar-refractivity contribution in [3.8, 4) is 0 Å². The molecule has 0 radical (unpaired) electrons. The van der Waals surface area contributed by atoms with Crippen molar-refractivity contribution in [3.05, 3.63) is 41.5 Å². The summed E-state index contributed by atoms with van der Waals surface area (Å²) in [5.74, 6) is 0.804. The van der Waals surface area contributed by atoms with Gasteiger partial charge in [0, 0.05) is 53.5 Å². The van der Waals surface area contributed by atoms with E-state index < -0.39 is 0 Å². The maximum atomic E-state index is 12.7. The van der Waals surface area contributed by atoms with Crippen LogP contribution in [0.5, 0.6) is 0 Å². The zero-order chi connectivity index (χ0) is 17.3. The topological polar surface area (TPSA) is 40.6 Å². The largest absolute Gasteiger partial charge is 0.374 e. The second-order valence-corrected chi connectivity index (χ2v) is 6.74. The Morgan fingerprint density at radius 2 is 1.71 bits per heavy atom. The smallest absolute Gasteiger partial charge is 0.261 e. The SMILES string of the molecule is CN(CCCS)c1ccc2c3c(cccc13)C(=O)N(CCS)C2=O. The molecule has 1 aliphatic heterocycles. The highest BCUT2D eigenvalue weighted by atomic mass is 32.1. The number of amides is 2. The predicted molar refractivity (Wildman–Crippen MR) is 105 cm³/mol. The number of anilines is 1. The van der Waals surface area contributed by atoms with E-state index in [-0.39, 0.29) is 11.8 Å². The van der Waals surface area contributed by atoms with Crippen molar-refractivity contribution < 1.29 is 9.59 Å². The van der Waals surface area contributed by atoms with Gasteiger partial charge in [0.1, 0.15) is 0 Å². The van der Waals surface area contributed by atoms with Crippen LogP contribution in [0.3, 0.4) is 0 Å². The van der Waals surface area contributed by atoms with Crippen LogP contribution in [-0.2, 0) is 0 Å². The molecule has 1 aliphatic rings. The number of thiol groups is 2. The molecule has 1 heterocycles. The first-order valence-electron chi connectivity index (χ1n) is 7.95. The van der Waals surface area contributed by atoms with Crippen LogP contribution in [0.25, 0.3) is 10.8 Å². The molecule has 0 spiro atoms. The molecule has 126 valence electrons. The lowest BCUT2D eigenvalue weighted by Crippen LogP contribution is -2.41. The molecule has 0 saturated heterocycles. The van der Waals surface area contributed by atoms with E-state index in [1.54, 1.807) is 6.07 Å². The molecule has 6 heteroatoms. The summed E-state index contributed by atoms with van der Waals surface area (Å²) >= 11 is 8.42. The Kier molecular flexibility index (Phi) is 5.06. The first-order chi connectivity index (χ1) is 11.6. The second-order valence-electron chi connectivity index (χ2n) is 5.84.